The van der Waals surface area contributed by atoms with Gasteiger partial charge in [0.05, 0.1) is 15.7 Å². The molecule has 0 saturated carbocycles. The molecule has 0 aliphatic heterocycles. The summed E-state index contributed by atoms with van der Waals surface area (Å²) < 4.78 is 15.3. The van der Waals surface area contributed by atoms with Gasteiger partial charge in [0.1, 0.15) is 0 Å². The van der Waals surface area contributed by atoms with Crippen LogP contribution >= 0.6 is 0 Å². The van der Waals surface area contributed by atoms with Gasteiger partial charge in [0.25, 0.3) is 0 Å². The molecular formula is C15H25NOS. The van der Waals surface area contributed by atoms with Crippen LogP contribution in [0.5, 0.6) is 0 Å². The summed E-state index contributed by atoms with van der Waals surface area (Å²) >= 11 is 0. The highest BCUT2D eigenvalue weighted by Gasteiger charge is 2.30. The third kappa shape index (κ3) is 4.21. The SMILES string of the molecule is CC(C)(C)[C@@H](N[S@@](=O)C(C)(C)C)c1ccccc1. The van der Waals surface area contributed by atoms with E-state index in [1.165, 1.54) is 5.56 Å². The minimum atomic E-state index is -1.06. The van der Waals surface area contributed by atoms with Crippen LogP contribution in [0.15, 0.2) is 30.3 Å². The number of nitrogens with one attached hydrogen (secondary N) is 1. The largest absolute Gasteiger partial charge is 0.242 e. The van der Waals surface area contributed by atoms with Crippen molar-refractivity contribution in [3.8, 4) is 0 Å². The Bertz CT molecular complexity index is 401. The molecule has 102 valence electrons. The average molecular weight is 267 g/mol. The zero-order chi connectivity index (χ0) is 14.0. The summed E-state index contributed by atoms with van der Waals surface area (Å²) in [6.45, 7) is 12.5. The van der Waals surface area contributed by atoms with E-state index in [0.717, 1.165) is 0 Å². The first kappa shape index (κ1) is 15.4. The predicted octanol–water partition coefficient (Wildman–Crippen LogP) is 3.83. The third-order valence-corrected chi connectivity index (χ3v) is 4.34. The lowest BCUT2D eigenvalue weighted by Gasteiger charge is -2.33. The topological polar surface area (TPSA) is 29.1 Å². The van der Waals surface area contributed by atoms with E-state index in [0.29, 0.717) is 0 Å². The predicted molar refractivity (Wildman–Crippen MR) is 79.7 cm³/mol. The van der Waals surface area contributed by atoms with Crippen LogP contribution < -0.4 is 4.72 Å². The summed E-state index contributed by atoms with van der Waals surface area (Å²) in [6.07, 6.45) is 0. The summed E-state index contributed by atoms with van der Waals surface area (Å²) in [4.78, 5) is 0. The van der Waals surface area contributed by atoms with Gasteiger partial charge >= 0.3 is 0 Å². The van der Waals surface area contributed by atoms with E-state index in [1.807, 2.05) is 39.0 Å². The highest BCUT2D eigenvalue weighted by molar-refractivity contribution is 7.84. The molecule has 0 radical (unpaired) electrons. The van der Waals surface area contributed by atoms with Crippen molar-refractivity contribution in [3.05, 3.63) is 35.9 Å². The number of hydrogen-bond acceptors (Lipinski definition) is 1. The minimum absolute atomic E-state index is 0.0161. The first-order chi connectivity index (χ1) is 8.12. The summed E-state index contributed by atoms with van der Waals surface area (Å²) in [5, 5.41) is 0. The molecule has 18 heavy (non-hydrogen) atoms. The monoisotopic (exact) mass is 267 g/mol. The minimum Gasteiger partial charge on any atom is -0.242 e. The Morgan fingerprint density at radius 2 is 1.50 bits per heavy atom. The van der Waals surface area contributed by atoms with Crippen LogP contribution in [0.2, 0.25) is 0 Å². The van der Waals surface area contributed by atoms with Gasteiger partial charge in [-0.1, -0.05) is 51.1 Å². The molecule has 1 aromatic carbocycles. The molecule has 0 unspecified atom stereocenters. The van der Waals surface area contributed by atoms with Crippen molar-refractivity contribution in [3.63, 3.8) is 0 Å². The fraction of sp³-hybridized carbons (Fsp3) is 0.600. The molecular weight excluding hydrogens is 242 g/mol. The van der Waals surface area contributed by atoms with Gasteiger partial charge < -0.3 is 0 Å². The van der Waals surface area contributed by atoms with Gasteiger partial charge in [0.2, 0.25) is 0 Å². The van der Waals surface area contributed by atoms with Gasteiger partial charge in [-0.3, -0.25) is 0 Å². The third-order valence-electron chi connectivity index (χ3n) is 2.78. The standard InChI is InChI=1S/C15H25NOS/c1-14(2,3)13(12-10-8-7-9-11-12)16-18(17)15(4,5)6/h7-11,13,16H,1-6H3/t13-,18-/m0/s1. The lowest BCUT2D eigenvalue weighted by Crippen LogP contribution is -2.40. The summed E-state index contributed by atoms with van der Waals surface area (Å²) in [6, 6.07) is 10.3. The van der Waals surface area contributed by atoms with Gasteiger partial charge in [-0.05, 0) is 31.7 Å². The summed E-state index contributed by atoms with van der Waals surface area (Å²) in [5.41, 5.74) is 1.20. The molecule has 0 aromatic heterocycles. The lowest BCUT2D eigenvalue weighted by molar-refractivity contribution is 0.307. The van der Waals surface area contributed by atoms with Crippen LogP contribution in [0.4, 0.5) is 0 Å². The molecule has 0 bridgehead atoms. The Morgan fingerprint density at radius 3 is 1.89 bits per heavy atom. The molecule has 0 aliphatic carbocycles. The smallest absolute Gasteiger partial charge is 0.0976 e. The molecule has 1 N–H and O–H groups in total. The number of rotatable bonds is 3. The van der Waals surface area contributed by atoms with E-state index >= 15 is 0 Å². The molecule has 0 fully saturated rings. The summed E-state index contributed by atoms with van der Waals surface area (Å²) in [5.74, 6) is 0. The molecule has 0 aliphatic rings. The Labute approximate surface area is 114 Å². The first-order valence-corrected chi connectivity index (χ1v) is 7.50. The fourth-order valence-corrected chi connectivity index (χ4v) is 2.73. The molecule has 1 rings (SSSR count). The van der Waals surface area contributed by atoms with Gasteiger partial charge in [-0.2, -0.15) is 0 Å². The van der Waals surface area contributed by atoms with Crippen LogP contribution in [0.3, 0.4) is 0 Å². The van der Waals surface area contributed by atoms with Crippen molar-refractivity contribution in [2.75, 3.05) is 0 Å². The van der Waals surface area contributed by atoms with Gasteiger partial charge in [0.15, 0.2) is 0 Å². The quantitative estimate of drug-likeness (QED) is 0.886. The average Bonchev–Trinajstić information content (AvgIpc) is 2.23. The molecule has 1 aromatic rings. The van der Waals surface area contributed by atoms with Crippen LogP contribution in [-0.2, 0) is 11.0 Å². The molecule has 3 heteroatoms. The molecule has 0 amide bonds. The highest BCUT2D eigenvalue weighted by atomic mass is 32.2. The maximum Gasteiger partial charge on any atom is 0.0976 e. The number of hydrogen-bond donors (Lipinski definition) is 1. The Hall–Kier alpha value is -0.670. The van der Waals surface area contributed by atoms with Crippen molar-refractivity contribution < 1.29 is 4.21 Å². The van der Waals surface area contributed by atoms with Crippen molar-refractivity contribution >= 4 is 11.0 Å². The zero-order valence-electron chi connectivity index (χ0n) is 12.3. The van der Waals surface area contributed by atoms with E-state index in [-0.39, 0.29) is 16.2 Å². The Kier molecular flexibility index (Phi) is 4.73. The molecule has 2 atom stereocenters. The molecule has 0 saturated heterocycles. The fourth-order valence-electron chi connectivity index (χ4n) is 1.67. The molecule has 2 nitrogen and oxygen atoms in total. The van der Waals surface area contributed by atoms with Crippen molar-refractivity contribution in [2.24, 2.45) is 5.41 Å². The van der Waals surface area contributed by atoms with Gasteiger partial charge in [0, 0.05) is 6.04 Å². The molecule has 0 heterocycles. The van der Waals surface area contributed by atoms with Crippen molar-refractivity contribution in [2.45, 2.75) is 52.3 Å². The zero-order valence-corrected chi connectivity index (χ0v) is 13.1. The molecule has 0 spiro atoms. The maximum absolute atomic E-state index is 12.3. The van der Waals surface area contributed by atoms with Crippen LogP contribution in [0.1, 0.15) is 53.1 Å². The van der Waals surface area contributed by atoms with E-state index in [1.54, 1.807) is 0 Å². The second kappa shape index (κ2) is 5.54. The van der Waals surface area contributed by atoms with Crippen LogP contribution in [0.25, 0.3) is 0 Å². The second-order valence-corrected chi connectivity index (χ2v) is 8.71. The highest BCUT2D eigenvalue weighted by Crippen LogP contribution is 2.33. The van der Waals surface area contributed by atoms with E-state index in [2.05, 4.69) is 37.6 Å². The van der Waals surface area contributed by atoms with E-state index < -0.39 is 11.0 Å². The Balaban J connectivity index is 2.99. The second-order valence-electron chi connectivity index (χ2n) is 6.71. The van der Waals surface area contributed by atoms with Crippen LogP contribution in [-0.4, -0.2) is 8.96 Å². The Morgan fingerprint density at radius 1 is 1.00 bits per heavy atom. The van der Waals surface area contributed by atoms with Gasteiger partial charge in [-0.25, -0.2) is 8.93 Å². The van der Waals surface area contributed by atoms with Crippen LogP contribution in [0, 0.1) is 5.41 Å². The van der Waals surface area contributed by atoms with E-state index in [9.17, 15) is 4.21 Å². The first-order valence-electron chi connectivity index (χ1n) is 6.35. The van der Waals surface area contributed by atoms with Crippen molar-refractivity contribution in [1.29, 1.82) is 0 Å². The van der Waals surface area contributed by atoms with E-state index in [4.69, 9.17) is 0 Å². The number of benzene rings is 1. The van der Waals surface area contributed by atoms with Gasteiger partial charge in [-0.15, -0.1) is 0 Å². The maximum atomic E-state index is 12.3. The normalized spacial score (nSPS) is 16.3. The lowest BCUT2D eigenvalue weighted by atomic mass is 9.83. The summed E-state index contributed by atoms with van der Waals surface area (Å²) in [7, 11) is -1.06. The van der Waals surface area contributed by atoms with Crippen molar-refractivity contribution in [1.82, 2.24) is 4.72 Å².